The van der Waals surface area contributed by atoms with Crippen molar-refractivity contribution >= 4 is 17.7 Å². The number of carbonyl (C=O) groups excluding carboxylic acids is 3. The third-order valence-corrected chi connectivity index (χ3v) is 6.52. The number of fused-ring (bicyclic) bond motifs is 1. The Bertz CT molecular complexity index is 819. The average Bonchev–Trinajstić information content (AvgIpc) is 3.13. The summed E-state index contributed by atoms with van der Waals surface area (Å²) in [5, 5.41) is 0. The highest BCUT2D eigenvalue weighted by molar-refractivity contribution is 5.89. The van der Waals surface area contributed by atoms with Gasteiger partial charge in [-0.15, -0.1) is 0 Å². The molecular weight excluding hydrogens is 370 g/mol. The van der Waals surface area contributed by atoms with Crippen molar-refractivity contribution in [1.29, 1.82) is 0 Å². The van der Waals surface area contributed by atoms with Gasteiger partial charge in [0.2, 0.25) is 17.7 Å². The molecule has 2 saturated heterocycles. The summed E-state index contributed by atoms with van der Waals surface area (Å²) in [6, 6.07) is 0. The van der Waals surface area contributed by atoms with Crippen molar-refractivity contribution in [2.24, 2.45) is 5.92 Å². The lowest BCUT2D eigenvalue weighted by molar-refractivity contribution is -0.136. The van der Waals surface area contributed by atoms with Crippen LogP contribution in [0.15, 0.2) is 6.20 Å². The Morgan fingerprint density at radius 3 is 2.59 bits per heavy atom. The van der Waals surface area contributed by atoms with E-state index in [2.05, 4.69) is 4.98 Å². The highest BCUT2D eigenvalue weighted by Gasteiger charge is 2.37. The molecule has 8 heteroatoms. The van der Waals surface area contributed by atoms with Gasteiger partial charge in [0, 0.05) is 76.7 Å². The van der Waals surface area contributed by atoms with Crippen molar-refractivity contribution in [1.82, 2.24) is 24.7 Å². The van der Waals surface area contributed by atoms with Gasteiger partial charge in [-0.2, -0.15) is 0 Å². The Kier molecular flexibility index (Phi) is 5.52. The molecule has 1 aromatic heterocycles. The minimum absolute atomic E-state index is 0.0859. The normalized spacial score (nSPS) is 22.8. The van der Waals surface area contributed by atoms with Gasteiger partial charge in [0.1, 0.15) is 5.82 Å². The zero-order valence-electron chi connectivity index (χ0n) is 17.3. The molecule has 2 fully saturated rings. The maximum Gasteiger partial charge on any atom is 0.227 e. The second-order valence-corrected chi connectivity index (χ2v) is 8.32. The quantitative estimate of drug-likeness (QED) is 0.756. The molecule has 0 unspecified atom stereocenters. The van der Waals surface area contributed by atoms with Gasteiger partial charge in [0.05, 0.1) is 11.6 Å². The number of hydrogen-bond donors (Lipinski definition) is 0. The smallest absolute Gasteiger partial charge is 0.227 e. The molecule has 0 aliphatic carbocycles. The van der Waals surface area contributed by atoms with E-state index in [4.69, 9.17) is 4.98 Å². The highest BCUT2D eigenvalue weighted by atomic mass is 16.2. The Morgan fingerprint density at radius 2 is 1.93 bits per heavy atom. The molecule has 156 valence electrons. The van der Waals surface area contributed by atoms with Crippen LogP contribution < -0.4 is 0 Å². The molecule has 0 N–H and O–H groups in total. The lowest BCUT2D eigenvalue weighted by atomic mass is 9.94. The van der Waals surface area contributed by atoms with E-state index in [0.717, 1.165) is 36.3 Å². The van der Waals surface area contributed by atoms with E-state index in [9.17, 15) is 14.4 Å². The predicted octanol–water partition coefficient (Wildman–Crippen LogP) is 0.956. The van der Waals surface area contributed by atoms with Gasteiger partial charge in [-0.25, -0.2) is 9.97 Å². The summed E-state index contributed by atoms with van der Waals surface area (Å²) in [6.45, 7) is 7.46. The van der Waals surface area contributed by atoms with Crippen molar-refractivity contribution in [3.8, 4) is 0 Å². The number of rotatable bonds is 3. The van der Waals surface area contributed by atoms with Crippen molar-refractivity contribution in [2.45, 2.75) is 52.0 Å². The van der Waals surface area contributed by atoms with E-state index in [0.29, 0.717) is 45.7 Å². The summed E-state index contributed by atoms with van der Waals surface area (Å²) in [5.41, 5.74) is 2.09. The van der Waals surface area contributed by atoms with E-state index < -0.39 is 0 Å². The van der Waals surface area contributed by atoms with E-state index in [1.54, 1.807) is 11.8 Å². The molecule has 3 aliphatic rings. The molecule has 4 heterocycles. The Labute approximate surface area is 171 Å². The van der Waals surface area contributed by atoms with Crippen LogP contribution in [0, 0.1) is 5.92 Å². The number of hydrogen-bond acceptors (Lipinski definition) is 5. The van der Waals surface area contributed by atoms with Crippen molar-refractivity contribution in [3.63, 3.8) is 0 Å². The lowest BCUT2D eigenvalue weighted by Crippen LogP contribution is -2.42. The maximum absolute atomic E-state index is 12.8. The first-order chi connectivity index (χ1) is 14.0. The van der Waals surface area contributed by atoms with Gasteiger partial charge in [-0.05, 0) is 19.8 Å². The first-order valence-electron chi connectivity index (χ1n) is 10.6. The maximum atomic E-state index is 12.8. The van der Waals surface area contributed by atoms with Crippen LogP contribution in [0.5, 0.6) is 0 Å². The Morgan fingerprint density at radius 1 is 1.17 bits per heavy atom. The Hall–Kier alpha value is -2.51. The third-order valence-electron chi connectivity index (χ3n) is 6.52. The van der Waals surface area contributed by atoms with E-state index in [-0.39, 0.29) is 29.6 Å². The van der Waals surface area contributed by atoms with E-state index >= 15 is 0 Å². The zero-order chi connectivity index (χ0) is 20.5. The molecule has 1 atom stereocenters. The van der Waals surface area contributed by atoms with Crippen molar-refractivity contribution < 1.29 is 14.4 Å². The minimum atomic E-state index is -0.191. The average molecular weight is 399 g/mol. The molecule has 0 aromatic carbocycles. The number of piperidine rings is 1. The monoisotopic (exact) mass is 399 g/mol. The summed E-state index contributed by atoms with van der Waals surface area (Å²) in [6.07, 6.45) is 4.68. The number of amides is 3. The molecule has 3 amide bonds. The predicted molar refractivity (Wildman–Crippen MR) is 106 cm³/mol. The standard InChI is InChI=1S/C21H29N5O3/c1-3-24-12-16(10-19(24)28)21(29)25-7-4-15(5-8-25)20-22-11-17-13-26(14(2)27)9-6-18(17)23-20/h11,15-16H,3-10,12-13H2,1-2H3/t16-/m0/s1. The Balaban J connectivity index is 1.35. The van der Waals surface area contributed by atoms with Crippen LogP contribution in [0.1, 0.15) is 56.1 Å². The van der Waals surface area contributed by atoms with Gasteiger partial charge in [-0.3, -0.25) is 14.4 Å². The fourth-order valence-corrected chi connectivity index (χ4v) is 4.66. The van der Waals surface area contributed by atoms with Gasteiger partial charge >= 0.3 is 0 Å². The van der Waals surface area contributed by atoms with Crippen LogP contribution in [0.4, 0.5) is 0 Å². The number of nitrogens with zero attached hydrogens (tertiary/aromatic N) is 5. The van der Waals surface area contributed by atoms with Gasteiger partial charge in [0.25, 0.3) is 0 Å². The molecule has 0 radical (unpaired) electrons. The molecule has 3 aliphatic heterocycles. The van der Waals surface area contributed by atoms with Crippen molar-refractivity contribution in [3.05, 3.63) is 23.3 Å². The number of carbonyl (C=O) groups is 3. The zero-order valence-corrected chi connectivity index (χ0v) is 17.3. The molecule has 0 bridgehead atoms. The van der Waals surface area contributed by atoms with E-state index in [1.807, 2.05) is 22.9 Å². The van der Waals surface area contributed by atoms with E-state index in [1.165, 1.54) is 0 Å². The SMILES string of the molecule is CCN1C[C@@H](C(=O)N2CCC(c3ncc4c(n3)CCN(C(C)=O)C4)CC2)CC1=O. The highest BCUT2D eigenvalue weighted by Crippen LogP contribution is 2.29. The fourth-order valence-electron chi connectivity index (χ4n) is 4.66. The summed E-state index contributed by atoms with van der Waals surface area (Å²) < 4.78 is 0. The van der Waals surface area contributed by atoms with Gasteiger partial charge in [-0.1, -0.05) is 0 Å². The number of aromatic nitrogens is 2. The summed E-state index contributed by atoms with van der Waals surface area (Å²) in [4.78, 5) is 51.2. The van der Waals surface area contributed by atoms with Crippen LogP contribution in [-0.2, 0) is 27.3 Å². The first-order valence-corrected chi connectivity index (χ1v) is 10.6. The second kappa shape index (κ2) is 8.08. The fraction of sp³-hybridized carbons (Fsp3) is 0.667. The van der Waals surface area contributed by atoms with Crippen LogP contribution in [0.3, 0.4) is 0 Å². The number of likely N-dealkylation sites (tertiary alicyclic amines) is 2. The van der Waals surface area contributed by atoms with Gasteiger partial charge < -0.3 is 14.7 Å². The molecule has 0 spiro atoms. The minimum Gasteiger partial charge on any atom is -0.342 e. The third kappa shape index (κ3) is 3.97. The molecule has 29 heavy (non-hydrogen) atoms. The molecule has 8 nitrogen and oxygen atoms in total. The van der Waals surface area contributed by atoms with Crippen LogP contribution >= 0.6 is 0 Å². The molecule has 1 aromatic rings. The molecule has 0 saturated carbocycles. The van der Waals surface area contributed by atoms with Crippen molar-refractivity contribution in [2.75, 3.05) is 32.7 Å². The van der Waals surface area contributed by atoms with Gasteiger partial charge in [0.15, 0.2) is 0 Å². The summed E-state index contributed by atoms with van der Waals surface area (Å²) in [7, 11) is 0. The molecule has 4 rings (SSSR count). The lowest BCUT2D eigenvalue weighted by Gasteiger charge is -2.33. The topological polar surface area (TPSA) is 86.7 Å². The largest absolute Gasteiger partial charge is 0.342 e. The molecular formula is C21H29N5O3. The van der Waals surface area contributed by atoms with Crippen LogP contribution in [-0.4, -0.2) is 75.1 Å². The first kappa shape index (κ1) is 19.8. The second-order valence-electron chi connectivity index (χ2n) is 8.32. The summed E-state index contributed by atoms with van der Waals surface area (Å²) in [5.74, 6) is 1.22. The van der Waals surface area contributed by atoms with Crippen LogP contribution in [0.25, 0.3) is 0 Å². The summed E-state index contributed by atoms with van der Waals surface area (Å²) >= 11 is 0. The van der Waals surface area contributed by atoms with Crippen LogP contribution in [0.2, 0.25) is 0 Å².